The fraction of sp³-hybridized carbons (Fsp3) is 0.591. The topological polar surface area (TPSA) is 99.1 Å². The maximum absolute atomic E-state index is 12.5. The summed E-state index contributed by atoms with van der Waals surface area (Å²) in [5.41, 5.74) is 1.74. The van der Waals surface area contributed by atoms with Gasteiger partial charge in [0.1, 0.15) is 18.8 Å². The van der Waals surface area contributed by atoms with Crippen molar-refractivity contribution in [3.8, 4) is 0 Å². The number of hydrogen-bond donors (Lipinski definition) is 1. The monoisotopic (exact) mass is 406 g/mol. The van der Waals surface area contributed by atoms with Crippen molar-refractivity contribution in [1.82, 2.24) is 0 Å². The van der Waals surface area contributed by atoms with Gasteiger partial charge in [0.15, 0.2) is 0 Å². The van der Waals surface area contributed by atoms with E-state index in [2.05, 4.69) is 6.58 Å². The zero-order valence-electron chi connectivity index (χ0n) is 17.3. The molecule has 1 fully saturated rings. The highest BCUT2D eigenvalue weighted by Gasteiger charge is 2.45. The Balaban J connectivity index is 2.40. The summed E-state index contributed by atoms with van der Waals surface area (Å²) in [5.74, 6) is -2.18. The van der Waals surface area contributed by atoms with Gasteiger partial charge in [0.2, 0.25) is 0 Å². The van der Waals surface area contributed by atoms with E-state index < -0.39 is 30.1 Å². The number of carbonyl (C=O) groups excluding carboxylic acids is 3. The summed E-state index contributed by atoms with van der Waals surface area (Å²) < 4.78 is 16.4. The Morgan fingerprint density at radius 2 is 2.10 bits per heavy atom. The molecular formula is C22H30O7. The number of aliphatic hydroxyl groups is 1. The summed E-state index contributed by atoms with van der Waals surface area (Å²) in [5, 5.41) is 9.67. The van der Waals surface area contributed by atoms with Crippen molar-refractivity contribution in [2.24, 2.45) is 11.8 Å². The number of ether oxygens (including phenoxy) is 3. The van der Waals surface area contributed by atoms with Crippen molar-refractivity contribution in [1.29, 1.82) is 0 Å². The van der Waals surface area contributed by atoms with Crippen LogP contribution in [-0.4, -0.2) is 48.4 Å². The normalized spacial score (nSPS) is 29.4. The first-order chi connectivity index (χ1) is 13.8. The Labute approximate surface area is 171 Å². The van der Waals surface area contributed by atoms with Crippen LogP contribution in [0.1, 0.15) is 46.5 Å². The van der Waals surface area contributed by atoms with E-state index in [1.165, 1.54) is 6.92 Å². The van der Waals surface area contributed by atoms with Gasteiger partial charge in [-0.05, 0) is 36.5 Å². The number of rotatable bonds is 6. The van der Waals surface area contributed by atoms with E-state index in [9.17, 15) is 19.5 Å². The van der Waals surface area contributed by atoms with Crippen molar-refractivity contribution in [3.63, 3.8) is 0 Å². The van der Waals surface area contributed by atoms with Crippen LogP contribution in [0.5, 0.6) is 0 Å². The fourth-order valence-electron chi connectivity index (χ4n) is 3.42. The summed E-state index contributed by atoms with van der Waals surface area (Å²) in [7, 11) is 0. The van der Waals surface area contributed by atoms with Crippen molar-refractivity contribution >= 4 is 17.9 Å². The van der Waals surface area contributed by atoms with E-state index in [-0.39, 0.29) is 30.7 Å². The Morgan fingerprint density at radius 1 is 1.38 bits per heavy atom. The number of aliphatic hydroxyl groups excluding tert-OH is 1. The third-order valence-corrected chi connectivity index (χ3v) is 5.37. The minimum absolute atomic E-state index is 0.0730. The number of esters is 3. The Hall–Kier alpha value is -2.41. The minimum Gasteiger partial charge on any atom is -0.461 e. The van der Waals surface area contributed by atoms with Gasteiger partial charge in [-0.1, -0.05) is 26.5 Å². The average molecular weight is 406 g/mol. The molecule has 4 unspecified atom stereocenters. The van der Waals surface area contributed by atoms with Crippen molar-refractivity contribution in [2.75, 3.05) is 13.2 Å². The van der Waals surface area contributed by atoms with Crippen LogP contribution in [0.4, 0.5) is 0 Å². The Kier molecular flexibility index (Phi) is 8.20. The minimum atomic E-state index is -0.698. The molecule has 0 spiro atoms. The van der Waals surface area contributed by atoms with Crippen LogP contribution in [0, 0.1) is 11.8 Å². The number of allylic oxidation sites excluding steroid dienone is 1. The summed E-state index contributed by atoms with van der Waals surface area (Å²) in [6.45, 7) is 8.77. The molecule has 29 heavy (non-hydrogen) atoms. The lowest BCUT2D eigenvalue weighted by Crippen LogP contribution is -2.35. The van der Waals surface area contributed by atoms with Gasteiger partial charge >= 0.3 is 17.9 Å². The molecule has 0 aromatic heterocycles. The first-order valence-electron chi connectivity index (χ1n) is 9.98. The molecule has 1 heterocycles. The summed E-state index contributed by atoms with van der Waals surface area (Å²) >= 11 is 0. The molecule has 0 aromatic carbocycles. The van der Waals surface area contributed by atoms with Gasteiger partial charge < -0.3 is 19.3 Å². The van der Waals surface area contributed by atoms with E-state index >= 15 is 0 Å². The maximum Gasteiger partial charge on any atom is 0.334 e. The van der Waals surface area contributed by atoms with Crippen LogP contribution in [0.25, 0.3) is 0 Å². The summed E-state index contributed by atoms with van der Waals surface area (Å²) in [6.07, 6.45) is 4.41. The third kappa shape index (κ3) is 6.03. The molecule has 7 nitrogen and oxygen atoms in total. The predicted molar refractivity (Wildman–Crippen MR) is 106 cm³/mol. The van der Waals surface area contributed by atoms with Crippen LogP contribution < -0.4 is 0 Å². The average Bonchev–Trinajstić information content (AvgIpc) is 2.96. The van der Waals surface area contributed by atoms with Gasteiger partial charge in [0, 0.05) is 18.9 Å². The van der Waals surface area contributed by atoms with Crippen LogP contribution >= 0.6 is 0 Å². The van der Waals surface area contributed by atoms with Gasteiger partial charge in [0.05, 0.1) is 18.4 Å². The lowest BCUT2D eigenvalue weighted by molar-refractivity contribution is -0.156. The molecule has 0 radical (unpaired) electrons. The smallest absolute Gasteiger partial charge is 0.334 e. The lowest BCUT2D eigenvalue weighted by Gasteiger charge is -2.29. The molecule has 2 rings (SSSR count). The maximum atomic E-state index is 12.5. The standard InChI is InChI=1S/C22H30O7/c1-5-13(2)21(25)28-19-10-17(12-27-15(4)24)8-6-7-16(11-23)9-18-20(19)14(3)22(26)29-18/h8-9,13,18-20,23H,3,5-7,10-12H2,1-2,4H3/b16-9-,17-8-. The molecule has 1 aliphatic carbocycles. The Morgan fingerprint density at radius 3 is 2.72 bits per heavy atom. The molecule has 0 amide bonds. The van der Waals surface area contributed by atoms with E-state index in [1.54, 1.807) is 13.0 Å². The summed E-state index contributed by atoms with van der Waals surface area (Å²) in [6, 6.07) is 0. The SMILES string of the molecule is C=C1C(=O)OC2/C=C(\CO)CC/C=C(\COC(C)=O)CC(OC(=O)C(C)CC)C12. The highest BCUT2D eigenvalue weighted by molar-refractivity contribution is 5.91. The van der Waals surface area contributed by atoms with E-state index in [0.717, 1.165) is 11.1 Å². The lowest BCUT2D eigenvalue weighted by atomic mass is 9.85. The molecule has 4 atom stereocenters. The second-order valence-corrected chi connectivity index (χ2v) is 7.57. The number of carbonyl (C=O) groups is 3. The quantitative estimate of drug-likeness (QED) is 0.313. The molecule has 1 N–H and O–H groups in total. The second kappa shape index (κ2) is 10.4. The van der Waals surface area contributed by atoms with Crippen molar-refractivity contribution < 1.29 is 33.7 Å². The van der Waals surface area contributed by atoms with E-state index in [4.69, 9.17) is 14.2 Å². The van der Waals surface area contributed by atoms with Crippen LogP contribution in [0.15, 0.2) is 35.5 Å². The van der Waals surface area contributed by atoms with Gasteiger partial charge in [0.25, 0.3) is 0 Å². The molecule has 0 saturated carbocycles. The number of fused-ring (bicyclic) bond motifs is 1. The number of hydrogen-bond acceptors (Lipinski definition) is 7. The van der Waals surface area contributed by atoms with Crippen molar-refractivity contribution in [3.05, 3.63) is 35.5 Å². The zero-order valence-corrected chi connectivity index (χ0v) is 17.3. The van der Waals surface area contributed by atoms with Gasteiger partial charge in [-0.15, -0.1) is 0 Å². The fourth-order valence-corrected chi connectivity index (χ4v) is 3.42. The first-order valence-corrected chi connectivity index (χ1v) is 9.98. The molecule has 0 bridgehead atoms. The Bertz CT molecular complexity index is 719. The van der Waals surface area contributed by atoms with Gasteiger partial charge in [-0.2, -0.15) is 0 Å². The van der Waals surface area contributed by atoms with Crippen LogP contribution in [0.3, 0.4) is 0 Å². The highest BCUT2D eigenvalue weighted by Crippen LogP contribution is 2.36. The molecule has 0 aromatic rings. The largest absolute Gasteiger partial charge is 0.461 e. The molecule has 1 saturated heterocycles. The molecule has 7 heteroatoms. The zero-order chi connectivity index (χ0) is 21.6. The summed E-state index contributed by atoms with van der Waals surface area (Å²) in [4.78, 5) is 36.0. The molecular weight excluding hydrogens is 376 g/mol. The van der Waals surface area contributed by atoms with Gasteiger partial charge in [-0.3, -0.25) is 9.59 Å². The highest BCUT2D eigenvalue weighted by atomic mass is 16.6. The van der Waals surface area contributed by atoms with Crippen molar-refractivity contribution in [2.45, 2.75) is 58.7 Å². The second-order valence-electron chi connectivity index (χ2n) is 7.57. The van der Waals surface area contributed by atoms with Crippen LogP contribution in [0.2, 0.25) is 0 Å². The predicted octanol–water partition coefficient (Wildman–Crippen LogP) is 2.63. The molecule has 1 aliphatic heterocycles. The third-order valence-electron chi connectivity index (χ3n) is 5.37. The molecule has 160 valence electrons. The first kappa shape index (κ1) is 22.9. The van der Waals surface area contributed by atoms with E-state index in [0.29, 0.717) is 25.7 Å². The van der Waals surface area contributed by atoms with Gasteiger partial charge in [-0.25, -0.2) is 4.79 Å². The molecule has 2 aliphatic rings. The van der Waals surface area contributed by atoms with E-state index in [1.807, 2.05) is 13.0 Å². The van der Waals surface area contributed by atoms with Crippen LogP contribution in [-0.2, 0) is 28.6 Å².